The predicted molar refractivity (Wildman–Crippen MR) is 137 cm³/mol. The molecule has 0 fully saturated rings. The maximum atomic E-state index is 13.4. The highest BCUT2D eigenvalue weighted by molar-refractivity contribution is 5.94. The maximum absolute atomic E-state index is 13.4. The Hall–Kier alpha value is -3.14. The van der Waals surface area contributed by atoms with Gasteiger partial charge in [0.1, 0.15) is 23.9 Å². The number of rotatable bonds is 14. The summed E-state index contributed by atoms with van der Waals surface area (Å²) < 4.78 is 0. The molecule has 0 aliphatic rings. The third kappa shape index (κ3) is 9.14. The van der Waals surface area contributed by atoms with E-state index < -0.39 is 47.9 Å². The average Bonchev–Trinajstić information content (AvgIpc) is 2.84. The van der Waals surface area contributed by atoms with Crippen LogP contribution in [0.5, 0.6) is 5.75 Å². The maximum Gasteiger partial charge on any atom is 0.326 e. The molecular formula is C26H42N4O6. The first-order valence-electron chi connectivity index (χ1n) is 12.5. The number of phenols is 1. The number of aromatic hydroxyl groups is 1. The number of hydrogen-bond donors (Lipinski definition) is 6. The molecular weight excluding hydrogens is 464 g/mol. The molecule has 7 N–H and O–H groups in total. The molecule has 10 nitrogen and oxygen atoms in total. The van der Waals surface area contributed by atoms with Gasteiger partial charge in [-0.2, -0.15) is 0 Å². The zero-order chi connectivity index (χ0) is 27.6. The minimum atomic E-state index is -1.15. The van der Waals surface area contributed by atoms with Crippen molar-refractivity contribution in [2.45, 2.75) is 85.0 Å². The van der Waals surface area contributed by atoms with Crippen LogP contribution < -0.4 is 21.7 Å². The molecule has 0 heterocycles. The van der Waals surface area contributed by atoms with E-state index in [2.05, 4.69) is 16.0 Å². The normalized spacial score (nSPS) is 16.2. The zero-order valence-corrected chi connectivity index (χ0v) is 22.1. The first-order valence-corrected chi connectivity index (χ1v) is 12.5. The van der Waals surface area contributed by atoms with Crippen molar-refractivity contribution >= 4 is 23.7 Å². The van der Waals surface area contributed by atoms with Crippen LogP contribution in [0.1, 0.15) is 59.9 Å². The first-order chi connectivity index (χ1) is 16.8. The summed E-state index contributed by atoms with van der Waals surface area (Å²) in [6.45, 7) is 10.8. The van der Waals surface area contributed by atoms with Gasteiger partial charge in [0, 0.05) is 6.42 Å². The lowest BCUT2D eigenvalue weighted by Gasteiger charge is -2.29. The Bertz CT molecular complexity index is 889. The number of phenolic OH excluding ortho intramolecular Hbond substituents is 1. The molecule has 3 amide bonds. The molecule has 0 saturated carbocycles. The molecule has 10 heteroatoms. The lowest BCUT2D eigenvalue weighted by atomic mass is 9.94. The molecule has 1 aromatic rings. The van der Waals surface area contributed by atoms with Crippen molar-refractivity contribution in [3.63, 3.8) is 0 Å². The van der Waals surface area contributed by atoms with E-state index in [9.17, 15) is 29.4 Å². The summed E-state index contributed by atoms with van der Waals surface area (Å²) in [5.41, 5.74) is 6.65. The second kappa shape index (κ2) is 14.4. The predicted octanol–water partition coefficient (Wildman–Crippen LogP) is 1.55. The van der Waals surface area contributed by atoms with Crippen LogP contribution in [0.25, 0.3) is 0 Å². The first kappa shape index (κ1) is 30.9. The van der Waals surface area contributed by atoms with Gasteiger partial charge < -0.3 is 31.9 Å². The van der Waals surface area contributed by atoms with Gasteiger partial charge in [0.25, 0.3) is 0 Å². The van der Waals surface area contributed by atoms with Crippen LogP contribution >= 0.6 is 0 Å². The van der Waals surface area contributed by atoms with E-state index in [0.29, 0.717) is 18.4 Å². The fraction of sp³-hybridized carbons (Fsp3) is 0.615. The molecule has 1 rings (SSSR count). The standard InChI is InChI=1S/C26H42N4O6/c1-7-15(5)21(25(34)30-22(26(35)36)16(6)8-2)29-23(32)19(28-24(33)20(27)14(3)4)13-17-9-11-18(31)12-10-17/h9-12,14-16,19-22,31H,7-8,13,27H2,1-6H3,(H,28,33)(H,29,32)(H,30,34)(H,35,36). The fourth-order valence-corrected chi connectivity index (χ4v) is 3.53. The lowest BCUT2D eigenvalue weighted by Crippen LogP contribution is -2.60. The van der Waals surface area contributed by atoms with Gasteiger partial charge in [-0.05, 0) is 35.4 Å². The monoisotopic (exact) mass is 506 g/mol. The van der Waals surface area contributed by atoms with Crippen molar-refractivity contribution in [2.75, 3.05) is 0 Å². The van der Waals surface area contributed by atoms with Crippen molar-refractivity contribution in [2.24, 2.45) is 23.5 Å². The Morgan fingerprint density at radius 2 is 1.31 bits per heavy atom. The van der Waals surface area contributed by atoms with Gasteiger partial charge in [0.2, 0.25) is 17.7 Å². The topological polar surface area (TPSA) is 171 Å². The van der Waals surface area contributed by atoms with Gasteiger partial charge in [-0.3, -0.25) is 14.4 Å². The number of nitrogens with two attached hydrogens (primary N) is 1. The molecule has 0 aliphatic carbocycles. The summed E-state index contributed by atoms with van der Waals surface area (Å²) in [7, 11) is 0. The number of nitrogens with one attached hydrogen (secondary N) is 3. The molecule has 1 aromatic carbocycles. The van der Waals surface area contributed by atoms with Crippen LogP contribution in [0.3, 0.4) is 0 Å². The molecule has 202 valence electrons. The van der Waals surface area contributed by atoms with E-state index in [0.717, 1.165) is 0 Å². The van der Waals surface area contributed by atoms with Gasteiger partial charge in [-0.1, -0.05) is 66.5 Å². The van der Waals surface area contributed by atoms with Gasteiger partial charge in [0.15, 0.2) is 0 Å². The smallest absolute Gasteiger partial charge is 0.326 e. The molecule has 6 atom stereocenters. The van der Waals surface area contributed by atoms with Crippen LogP contribution in [-0.4, -0.2) is 58.1 Å². The molecule has 36 heavy (non-hydrogen) atoms. The van der Waals surface area contributed by atoms with E-state index in [-0.39, 0.29) is 29.9 Å². The Labute approximate surface area is 213 Å². The molecule has 0 aromatic heterocycles. The third-order valence-corrected chi connectivity index (χ3v) is 6.60. The highest BCUT2D eigenvalue weighted by Crippen LogP contribution is 2.15. The minimum Gasteiger partial charge on any atom is -0.508 e. The number of benzene rings is 1. The van der Waals surface area contributed by atoms with Crippen molar-refractivity contribution in [1.29, 1.82) is 0 Å². The minimum absolute atomic E-state index is 0.0633. The Morgan fingerprint density at radius 3 is 1.78 bits per heavy atom. The second-order valence-corrected chi connectivity index (χ2v) is 9.78. The van der Waals surface area contributed by atoms with Gasteiger partial charge in [-0.25, -0.2) is 4.79 Å². The summed E-state index contributed by atoms with van der Waals surface area (Å²) in [6.07, 6.45) is 1.20. The zero-order valence-electron chi connectivity index (χ0n) is 22.1. The van der Waals surface area contributed by atoms with Gasteiger partial charge in [-0.15, -0.1) is 0 Å². The lowest BCUT2D eigenvalue weighted by molar-refractivity contribution is -0.144. The van der Waals surface area contributed by atoms with Gasteiger partial charge in [0.05, 0.1) is 6.04 Å². The van der Waals surface area contributed by atoms with Crippen molar-refractivity contribution < 1.29 is 29.4 Å². The Kier molecular flexibility index (Phi) is 12.4. The van der Waals surface area contributed by atoms with E-state index >= 15 is 0 Å². The van der Waals surface area contributed by atoms with Crippen LogP contribution in [-0.2, 0) is 25.6 Å². The number of aliphatic carboxylic acids is 1. The molecule has 0 radical (unpaired) electrons. The molecule has 0 spiro atoms. The average molecular weight is 507 g/mol. The highest BCUT2D eigenvalue weighted by atomic mass is 16.4. The number of amides is 3. The molecule has 0 saturated heterocycles. The quantitative estimate of drug-likeness (QED) is 0.222. The van der Waals surface area contributed by atoms with Crippen molar-refractivity contribution in [3.05, 3.63) is 29.8 Å². The summed E-state index contributed by atoms with van der Waals surface area (Å²) in [5.74, 6) is -3.55. The largest absolute Gasteiger partial charge is 0.508 e. The van der Waals surface area contributed by atoms with E-state index in [1.54, 1.807) is 39.8 Å². The van der Waals surface area contributed by atoms with Crippen molar-refractivity contribution in [1.82, 2.24) is 16.0 Å². The second-order valence-electron chi connectivity index (χ2n) is 9.78. The number of carboxylic acids is 1. The van der Waals surface area contributed by atoms with E-state index in [1.807, 2.05) is 13.8 Å². The van der Waals surface area contributed by atoms with E-state index in [4.69, 9.17) is 5.73 Å². The van der Waals surface area contributed by atoms with Crippen LogP contribution in [0.4, 0.5) is 0 Å². The summed E-state index contributed by atoms with van der Waals surface area (Å²) >= 11 is 0. The van der Waals surface area contributed by atoms with Crippen LogP contribution in [0.15, 0.2) is 24.3 Å². The SMILES string of the molecule is CCC(C)C(NC(=O)C(NC(=O)C(Cc1ccc(O)cc1)NC(=O)C(N)C(C)C)C(C)CC)C(=O)O. The number of hydrogen-bond acceptors (Lipinski definition) is 6. The Balaban J connectivity index is 3.19. The third-order valence-electron chi connectivity index (χ3n) is 6.60. The number of carbonyl (C=O) groups is 4. The van der Waals surface area contributed by atoms with Crippen LogP contribution in [0.2, 0.25) is 0 Å². The Morgan fingerprint density at radius 1 is 0.806 bits per heavy atom. The van der Waals surface area contributed by atoms with E-state index in [1.165, 1.54) is 12.1 Å². The van der Waals surface area contributed by atoms with Crippen LogP contribution in [0, 0.1) is 17.8 Å². The number of carbonyl (C=O) groups excluding carboxylic acids is 3. The molecule has 6 unspecified atom stereocenters. The molecule has 0 aliphatic heterocycles. The fourth-order valence-electron chi connectivity index (χ4n) is 3.53. The molecule has 0 bridgehead atoms. The summed E-state index contributed by atoms with van der Waals surface area (Å²) in [5, 5.41) is 27.1. The van der Waals surface area contributed by atoms with Crippen molar-refractivity contribution in [3.8, 4) is 5.75 Å². The van der Waals surface area contributed by atoms with Gasteiger partial charge >= 0.3 is 5.97 Å². The highest BCUT2D eigenvalue weighted by Gasteiger charge is 2.34. The summed E-state index contributed by atoms with van der Waals surface area (Å²) in [6, 6.07) is 2.23. The number of carboxylic acid groups (broad SMARTS) is 1. The summed E-state index contributed by atoms with van der Waals surface area (Å²) in [4.78, 5) is 50.9.